The number of primary sulfonamides is 1. The number of carbonyl (C=O) groups excluding carboxylic acids is 1. The van der Waals surface area contributed by atoms with Gasteiger partial charge in [-0.25, -0.2) is 13.6 Å². The highest BCUT2D eigenvalue weighted by molar-refractivity contribution is 7.89. The van der Waals surface area contributed by atoms with E-state index in [2.05, 4.69) is 5.32 Å². The lowest BCUT2D eigenvalue weighted by molar-refractivity contribution is -0.119. The van der Waals surface area contributed by atoms with Gasteiger partial charge in [-0.2, -0.15) is 0 Å². The normalized spacial score (nSPS) is 11.2. The van der Waals surface area contributed by atoms with Crippen LogP contribution in [0.3, 0.4) is 0 Å². The Balaban J connectivity index is 3.13. The molecule has 0 radical (unpaired) electrons. The molecule has 1 amide bonds. The first-order valence-electron chi connectivity index (χ1n) is 4.36. The standard InChI is InChI=1S/C9H11ClN2O3S/c1-6(13)12-5-7-2-3-8(10)4-9(7)16(11,14)15/h2-4H,5H2,1H3,(H,12,13)(H2,11,14,15). The monoisotopic (exact) mass is 262 g/mol. The quantitative estimate of drug-likeness (QED) is 0.837. The Morgan fingerprint density at radius 1 is 1.50 bits per heavy atom. The van der Waals surface area contributed by atoms with E-state index < -0.39 is 10.0 Å². The second-order valence-corrected chi connectivity index (χ2v) is 5.17. The average Bonchev–Trinajstić information content (AvgIpc) is 2.14. The molecule has 88 valence electrons. The molecule has 5 nitrogen and oxygen atoms in total. The van der Waals surface area contributed by atoms with Crippen molar-refractivity contribution in [3.63, 3.8) is 0 Å². The Labute approximate surface area is 98.6 Å². The summed E-state index contributed by atoms with van der Waals surface area (Å²) in [6.45, 7) is 1.44. The summed E-state index contributed by atoms with van der Waals surface area (Å²) >= 11 is 5.68. The summed E-state index contributed by atoms with van der Waals surface area (Å²) in [5.41, 5.74) is 0.405. The number of hydrogen-bond donors (Lipinski definition) is 2. The maximum atomic E-state index is 11.3. The summed E-state index contributed by atoms with van der Waals surface area (Å²) in [5, 5.41) is 7.80. The third kappa shape index (κ3) is 3.48. The van der Waals surface area contributed by atoms with E-state index in [0.29, 0.717) is 5.56 Å². The number of hydrogen-bond acceptors (Lipinski definition) is 3. The second-order valence-electron chi connectivity index (χ2n) is 3.21. The van der Waals surface area contributed by atoms with E-state index in [4.69, 9.17) is 16.7 Å². The summed E-state index contributed by atoms with van der Waals surface area (Å²) in [6.07, 6.45) is 0. The van der Waals surface area contributed by atoms with Crippen LogP contribution in [-0.4, -0.2) is 14.3 Å². The van der Waals surface area contributed by atoms with E-state index >= 15 is 0 Å². The molecular weight excluding hydrogens is 252 g/mol. The number of rotatable bonds is 3. The molecule has 0 aliphatic carbocycles. The molecule has 0 bridgehead atoms. The Bertz CT molecular complexity index is 513. The predicted octanol–water partition coefficient (Wildman–Crippen LogP) is 0.624. The molecule has 0 aliphatic rings. The van der Waals surface area contributed by atoms with Crippen LogP contribution in [-0.2, 0) is 21.4 Å². The van der Waals surface area contributed by atoms with Crippen molar-refractivity contribution in [1.82, 2.24) is 5.32 Å². The summed E-state index contributed by atoms with van der Waals surface area (Å²) in [5.74, 6) is -0.254. The zero-order chi connectivity index (χ0) is 12.3. The van der Waals surface area contributed by atoms with Crippen molar-refractivity contribution in [3.8, 4) is 0 Å². The van der Waals surface area contributed by atoms with Gasteiger partial charge in [0.2, 0.25) is 15.9 Å². The lowest BCUT2D eigenvalue weighted by Gasteiger charge is -2.08. The van der Waals surface area contributed by atoms with Gasteiger partial charge in [-0.05, 0) is 17.7 Å². The molecule has 1 rings (SSSR count). The van der Waals surface area contributed by atoms with Gasteiger partial charge >= 0.3 is 0 Å². The molecule has 0 unspecified atom stereocenters. The molecule has 0 atom stereocenters. The number of halogens is 1. The zero-order valence-corrected chi connectivity index (χ0v) is 10.1. The molecule has 0 heterocycles. The fourth-order valence-electron chi connectivity index (χ4n) is 1.16. The number of amides is 1. The number of sulfonamides is 1. The lowest BCUT2D eigenvalue weighted by atomic mass is 10.2. The Hall–Kier alpha value is -1.11. The van der Waals surface area contributed by atoms with Crippen LogP contribution in [0.15, 0.2) is 23.1 Å². The molecule has 0 aliphatic heterocycles. The van der Waals surface area contributed by atoms with Crippen molar-refractivity contribution in [1.29, 1.82) is 0 Å². The van der Waals surface area contributed by atoms with Gasteiger partial charge in [0.25, 0.3) is 0 Å². The third-order valence-corrected chi connectivity index (χ3v) is 3.09. The summed E-state index contributed by atoms with van der Waals surface area (Å²) in [7, 11) is -3.84. The van der Waals surface area contributed by atoms with Crippen molar-refractivity contribution in [2.75, 3.05) is 0 Å². The van der Waals surface area contributed by atoms with Gasteiger partial charge in [-0.3, -0.25) is 4.79 Å². The van der Waals surface area contributed by atoms with Gasteiger partial charge in [0.1, 0.15) is 0 Å². The van der Waals surface area contributed by atoms with Crippen LogP contribution in [0.25, 0.3) is 0 Å². The van der Waals surface area contributed by atoms with Crippen LogP contribution < -0.4 is 10.5 Å². The highest BCUT2D eigenvalue weighted by Gasteiger charge is 2.14. The lowest BCUT2D eigenvalue weighted by Crippen LogP contribution is -2.22. The van der Waals surface area contributed by atoms with Crippen LogP contribution in [0.1, 0.15) is 12.5 Å². The minimum Gasteiger partial charge on any atom is -0.352 e. The molecule has 1 aromatic rings. The molecule has 0 fully saturated rings. The third-order valence-electron chi connectivity index (χ3n) is 1.86. The molecule has 7 heteroatoms. The highest BCUT2D eigenvalue weighted by atomic mass is 35.5. The summed E-state index contributed by atoms with van der Waals surface area (Å²) < 4.78 is 22.5. The van der Waals surface area contributed by atoms with Gasteiger partial charge in [0.15, 0.2) is 0 Å². The van der Waals surface area contributed by atoms with Crippen LogP contribution >= 0.6 is 11.6 Å². The molecular formula is C9H11ClN2O3S. The van der Waals surface area contributed by atoms with Crippen molar-refractivity contribution in [3.05, 3.63) is 28.8 Å². The smallest absolute Gasteiger partial charge is 0.238 e. The topological polar surface area (TPSA) is 89.3 Å². The molecule has 0 saturated carbocycles. The zero-order valence-electron chi connectivity index (χ0n) is 8.53. The molecule has 0 spiro atoms. The van der Waals surface area contributed by atoms with E-state index in [1.165, 1.54) is 25.1 Å². The van der Waals surface area contributed by atoms with Gasteiger partial charge in [0, 0.05) is 18.5 Å². The van der Waals surface area contributed by atoms with Crippen LogP contribution in [0.5, 0.6) is 0 Å². The van der Waals surface area contributed by atoms with E-state index in [-0.39, 0.29) is 22.4 Å². The highest BCUT2D eigenvalue weighted by Crippen LogP contribution is 2.19. The second kappa shape index (κ2) is 4.82. The van der Waals surface area contributed by atoms with Crippen molar-refractivity contribution < 1.29 is 13.2 Å². The van der Waals surface area contributed by atoms with Gasteiger partial charge in [-0.15, -0.1) is 0 Å². The van der Waals surface area contributed by atoms with E-state index in [1.54, 1.807) is 0 Å². The first kappa shape index (κ1) is 13.0. The Kier molecular flexibility index (Phi) is 3.90. The number of nitrogens with two attached hydrogens (primary N) is 1. The predicted molar refractivity (Wildman–Crippen MR) is 60.3 cm³/mol. The minimum absolute atomic E-state index is 0.0752. The van der Waals surface area contributed by atoms with E-state index in [1.807, 2.05) is 0 Å². The SMILES string of the molecule is CC(=O)NCc1ccc(Cl)cc1S(N)(=O)=O. The number of benzene rings is 1. The van der Waals surface area contributed by atoms with Crippen molar-refractivity contribution in [2.24, 2.45) is 5.14 Å². The average molecular weight is 263 g/mol. The molecule has 0 aromatic heterocycles. The van der Waals surface area contributed by atoms with Crippen molar-refractivity contribution >= 4 is 27.5 Å². The van der Waals surface area contributed by atoms with Crippen molar-refractivity contribution in [2.45, 2.75) is 18.4 Å². The van der Waals surface area contributed by atoms with E-state index in [9.17, 15) is 13.2 Å². The minimum atomic E-state index is -3.84. The van der Waals surface area contributed by atoms with Crippen LogP contribution in [0.4, 0.5) is 0 Å². The Morgan fingerprint density at radius 2 is 2.12 bits per heavy atom. The summed E-state index contributed by atoms with van der Waals surface area (Å²) in [4.78, 5) is 10.7. The van der Waals surface area contributed by atoms with Gasteiger partial charge in [-0.1, -0.05) is 17.7 Å². The largest absolute Gasteiger partial charge is 0.352 e. The molecule has 3 N–H and O–H groups in total. The number of carbonyl (C=O) groups is 1. The first-order chi connectivity index (χ1) is 7.30. The Morgan fingerprint density at radius 3 is 2.62 bits per heavy atom. The molecule has 0 saturated heterocycles. The maximum Gasteiger partial charge on any atom is 0.238 e. The first-order valence-corrected chi connectivity index (χ1v) is 6.29. The summed E-state index contributed by atoms with van der Waals surface area (Å²) in [6, 6.07) is 4.31. The molecule has 1 aromatic carbocycles. The van der Waals surface area contributed by atoms with Crippen LogP contribution in [0, 0.1) is 0 Å². The number of nitrogens with one attached hydrogen (secondary N) is 1. The fourth-order valence-corrected chi connectivity index (χ4v) is 2.19. The van der Waals surface area contributed by atoms with E-state index in [0.717, 1.165) is 0 Å². The molecule has 16 heavy (non-hydrogen) atoms. The van der Waals surface area contributed by atoms with Crippen LogP contribution in [0.2, 0.25) is 5.02 Å². The fraction of sp³-hybridized carbons (Fsp3) is 0.222. The van der Waals surface area contributed by atoms with Gasteiger partial charge in [0.05, 0.1) is 4.90 Å². The maximum absolute atomic E-state index is 11.3. The van der Waals surface area contributed by atoms with Gasteiger partial charge < -0.3 is 5.32 Å².